The molecule has 1 aromatic heterocycles. The van der Waals surface area contributed by atoms with Crippen molar-refractivity contribution >= 4 is 5.97 Å². The summed E-state index contributed by atoms with van der Waals surface area (Å²) < 4.78 is 43.4. The number of carboxylic acid groups (broad SMARTS) is 1. The molecule has 0 aliphatic heterocycles. The van der Waals surface area contributed by atoms with Gasteiger partial charge in [-0.2, -0.15) is 18.2 Å². The average molecular weight is 314 g/mol. The summed E-state index contributed by atoms with van der Waals surface area (Å²) in [5.74, 6) is -1.24. The van der Waals surface area contributed by atoms with E-state index in [9.17, 15) is 22.8 Å². The molecule has 0 saturated carbocycles. The lowest BCUT2D eigenvalue weighted by molar-refractivity contribution is -0.141. The average Bonchev–Trinajstić information content (AvgIpc) is 2.45. The number of nitrogens with zero attached hydrogens (tertiary/aromatic N) is 2. The van der Waals surface area contributed by atoms with Gasteiger partial charge in [0.15, 0.2) is 5.69 Å². The van der Waals surface area contributed by atoms with Crippen LogP contribution in [0.4, 0.5) is 13.2 Å². The van der Waals surface area contributed by atoms with Gasteiger partial charge in [0, 0.05) is 6.07 Å². The van der Waals surface area contributed by atoms with Crippen molar-refractivity contribution in [2.75, 3.05) is 7.11 Å². The minimum absolute atomic E-state index is 0.0305. The molecule has 0 aliphatic carbocycles. The van der Waals surface area contributed by atoms with Crippen molar-refractivity contribution in [3.8, 4) is 11.7 Å². The van der Waals surface area contributed by atoms with E-state index in [2.05, 4.69) is 4.98 Å². The molecule has 0 bridgehead atoms. The summed E-state index contributed by atoms with van der Waals surface area (Å²) in [4.78, 5) is 26.1. The van der Waals surface area contributed by atoms with Crippen LogP contribution in [0.2, 0.25) is 0 Å². The number of benzene rings is 1. The second kappa shape index (κ2) is 5.51. The number of halogens is 3. The Morgan fingerprint density at radius 2 is 2.00 bits per heavy atom. The molecule has 0 aliphatic rings. The molecule has 1 aromatic carbocycles. The summed E-state index contributed by atoms with van der Waals surface area (Å²) in [6, 6.07) is 4.83. The molecule has 0 atom stereocenters. The molecular formula is C13H9F3N2O4. The Bertz CT molecular complexity index is 784. The first kappa shape index (κ1) is 15.5. The van der Waals surface area contributed by atoms with Crippen molar-refractivity contribution < 1.29 is 27.8 Å². The fourth-order valence-corrected chi connectivity index (χ4v) is 1.76. The zero-order valence-electron chi connectivity index (χ0n) is 11.1. The van der Waals surface area contributed by atoms with Gasteiger partial charge in [-0.05, 0) is 18.2 Å². The van der Waals surface area contributed by atoms with Gasteiger partial charge in [-0.15, -0.1) is 0 Å². The maximum Gasteiger partial charge on any atom is 0.433 e. The number of carbonyl (C=O) groups is 1. The van der Waals surface area contributed by atoms with E-state index in [0.717, 1.165) is 17.7 Å². The number of hydrogen-bond donors (Lipinski definition) is 1. The van der Waals surface area contributed by atoms with Crippen LogP contribution in [-0.2, 0) is 6.18 Å². The zero-order valence-corrected chi connectivity index (χ0v) is 11.1. The first-order chi connectivity index (χ1) is 10.2. The minimum atomic E-state index is -4.80. The summed E-state index contributed by atoms with van der Waals surface area (Å²) in [5.41, 5.74) is -2.53. The fourth-order valence-electron chi connectivity index (χ4n) is 1.76. The molecule has 116 valence electrons. The Balaban J connectivity index is 2.68. The van der Waals surface area contributed by atoms with Crippen LogP contribution in [0.25, 0.3) is 5.69 Å². The van der Waals surface area contributed by atoms with Gasteiger partial charge in [0.05, 0.1) is 18.4 Å². The van der Waals surface area contributed by atoms with E-state index in [-0.39, 0.29) is 11.3 Å². The van der Waals surface area contributed by atoms with Crippen molar-refractivity contribution in [2.24, 2.45) is 0 Å². The predicted molar refractivity (Wildman–Crippen MR) is 68.3 cm³/mol. The molecule has 0 saturated heterocycles. The molecule has 22 heavy (non-hydrogen) atoms. The number of aromatic carboxylic acids is 1. The number of methoxy groups -OCH3 is 1. The van der Waals surface area contributed by atoms with Gasteiger partial charge >= 0.3 is 18.2 Å². The van der Waals surface area contributed by atoms with E-state index in [1.807, 2.05) is 0 Å². The van der Waals surface area contributed by atoms with Crippen LogP contribution in [-0.4, -0.2) is 27.7 Å². The van der Waals surface area contributed by atoms with E-state index in [0.29, 0.717) is 6.07 Å². The third-order valence-corrected chi connectivity index (χ3v) is 2.71. The molecule has 6 nitrogen and oxygen atoms in total. The molecule has 0 unspecified atom stereocenters. The third kappa shape index (κ3) is 2.92. The normalized spacial score (nSPS) is 11.3. The Hall–Kier alpha value is -2.84. The number of ether oxygens (including phenoxy) is 1. The second-order valence-electron chi connectivity index (χ2n) is 4.15. The fraction of sp³-hybridized carbons (Fsp3) is 0.154. The molecule has 0 amide bonds. The van der Waals surface area contributed by atoms with Crippen LogP contribution < -0.4 is 10.3 Å². The maximum absolute atomic E-state index is 12.6. The van der Waals surface area contributed by atoms with Crippen LogP contribution in [0.1, 0.15) is 16.1 Å². The van der Waals surface area contributed by atoms with Crippen LogP contribution in [0.5, 0.6) is 6.01 Å². The van der Waals surface area contributed by atoms with E-state index in [1.54, 1.807) is 0 Å². The molecule has 0 radical (unpaired) electrons. The van der Waals surface area contributed by atoms with Crippen LogP contribution in [0, 0.1) is 0 Å². The largest absolute Gasteiger partial charge is 0.478 e. The van der Waals surface area contributed by atoms with Gasteiger partial charge in [-0.25, -0.2) is 9.36 Å². The highest BCUT2D eigenvalue weighted by atomic mass is 19.4. The van der Waals surface area contributed by atoms with Gasteiger partial charge in [0.25, 0.3) is 5.56 Å². The minimum Gasteiger partial charge on any atom is -0.478 e. The highest BCUT2D eigenvalue weighted by Crippen LogP contribution is 2.28. The highest BCUT2D eigenvalue weighted by molar-refractivity contribution is 5.88. The van der Waals surface area contributed by atoms with Crippen molar-refractivity contribution in [1.29, 1.82) is 0 Å². The smallest absolute Gasteiger partial charge is 0.433 e. The summed E-state index contributed by atoms with van der Waals surface area (Å²) >= 11 is 0. The SMILES string of the molecule is COc1nc(C(F)(F)F)cc(=O)n1-c1cccc(C(=O)O)c1. The van der Waals surface area contributed by atoms with Gasteiger partial charge < -0.3 is 9.84 Å². The number of hydrogen-bond acceptors (Lipinski definition) is 4. The quantitative estimate of drug-likeness (QED) is 0.936. The van der Waals surface area contributed by atoms with E-state index < -0.39 is 29.4 Å². The van der Waals surface area contributed by atoms with Crippen molar-refractivity contribution in [3.63, 3.8) is 0 Å². The molecule has 0 spiro atoms. The standard InChI is InChI=1S/C13H9F3N2O4/c1-22-12-17-9(13(14,15)16)6-10(19)18(12)8-4-2-3-7(5-8)11(20)21/h2-6H,1H3,(H,20,21). The van der Waals surface area contributed by atoms with Crippen molar-refractivity contribution in [2.45, 2.75) is 6.18 Å². The monoisotopic (exact) mass is 314 g/mol. The first-order valence-electron chi connectivity index (χ1n) is 5.83. The molecule has 2 rings (SSSR count). The Morgan fingerprint density at radius 3 is 2.55 bits per heavy atom. The van der Waals surface area contributed by atoms with Gasteiger partial charge in [0.1, 0.15) is 0 Å². The number of aromatic nitrogens is 2. The van der Waals surface area contributed by atoms with Crippen LogP contribution >= 0.6 is 0 Å². The molecule has 1 heterocycles. The van der Waals surface area contributed by atoms with E-state index >= 15 is 0 Å². The summed E-state index contributed by atoms with van der Waals surface area (Å²) in [7, 11) is 1.06. The first-order valence-corrected chi connectivity index (χ1v) is 5.83. The lowest BCUT2D eigenvalue weighted by Crippen LogP contribution is -2.24. The van der Waals surface area contributed by atoms with Crippen LogP contribution in [0.15, 0.2) is 35.1 Å². The molecule has 9 heteroatoms. The Kier molecular flexibility index (Phi) is 3.89. The Morgan fingerprint density at radius 1 is 1.32 bits per heavy atom. The Labute approximate surface area is 121 Å². The summed E-state index contributed by atoms with van der Waals surface area (Å²) in [6.45, 7) is 0. The molecular weight excluding hydrogens is 305 g/mol. The molecule has 0 fully saturated rings. The predicted octanol–water partition coefficient (Wildman–Crippen LogP) is 1.96. The summed E-state index contributed by atoms with van der Waals surface area (Å²) in [6.07, 6.45) is -4.80. The van der Waals surface area contributed by atoms with E-state index in [4.69, 9.17) is 9.84 Å². The van der Waals surface area contributed by atoms with Gasteiger partial charge in [-0.3, -0.25) is 4.79 Å². The van der Waals surface area contributed by atoms with E-state index in [1.165, 1.54) is 18.2 Å². The van der Waals surface area contributed by atoms with Gasteiger partial charge in [0.2, 0.25) is 0 Å². The molecule has 1 N–H and O–H groups in total. The number of alkyl halides is 3. The number of rotatable bonds is 3. The summed E-state index contributed by atoms with van der Waals surface area (Å²) in [5, 5.41) is 8.92. The maximum atomic E-state index is 12.6. The lowest BCUT2D eigenvalue weighted by Gasteiger charge is -2.13. The number of carboxylic acids is 1. The van der Waals surface area contributed by atoms with Crippen molar-refractivity contribution in [1.82, 2.24) is 9.55 Å². The third-order valence-electron chi connectivity index (χ3n) is 2.71. The lowest BCUT2D eigenvalue weighted by atomic mass is 10.2. The second-order valence-corrected chi connectivity index (χ2v) is 4.15. The zero-order chi connectivity index (χ0) is 16.5. The topological polar surface area (TPSA) is 81.4 Å². The van der Waals surface area contributed by atoms with Gasteiger partial charge in [-0.1, -0.05) is 6.07 Å². The highest BCUT2D eigenvalue weighted by Gasteiger charge is 2.34. The van der Waals surface area contributed by atoms with Crippen LogP contribution in [0.3, 0.4) is 0 Å². The van der Waals surface area contributed by atoms with Crippen molar-refractivity contribution in [3.05, 3.63) is 51.9 Å². The molecule has 2 aromatic rings.